The van der Waals surface area contributed by atoms with Crippen molar-refractivity contribution >= 4 is 31.9 Å². The van der Waals surface area contributed by atoms with Gasteiger partial charge in [0.25, 0.3) is 0 Å². The van der Waals surface area contributed by atoms with Crippen LogP contribution in [0.25, 0.3) is 0 Å². The quantitative estimate of drug-likeness (QED) is 0.764. The van der Waals surface area contributed by atoms with E-state index in [1.54, 1.807) is 0 Å². The number of halogens is 2. The van der Waals surface area contributed by atoms with Crippen molar-refractivity contribution in [2.24, 2.45) is 0 Å². The largest absolute Gasteiger partial charge is 0.310 e. The fraction of sp³-hybridized carbons (Fsp3) is 0.500. The van der Waals surface area contributed by atoms with Gasteiger partial charge < -0.3 is 4.57 Å². The molecule has 1 saturated carbocycles. The summed E-state index contributed by atoms with van der Waals surface area (Å²) in [6.45, 7) is 0. The van der Waals surface area contributed by atoms with Crippen molar-refractivity contribution < 1.29 is 0 Å². The van der Waals surface area contributed by atoms with E-state index in [4.69, 9.17) is 0 Å². The van der Waals surface area contributed by atoms with Crippen molar-refractivity contribution in [2.45, 2.75) is 18.9 Å². The second-order valence-electron chi connectivity index (χ2n) is 2.45. The Morgan fingerprint density at radius 3 is 2.60 bits per heavy atom. The van der Waals surface area contributed by atoms with Crippen LogP contribution in [-0.2, 0) is 0 Å². The molecule has 0 saturated heterocycles. The minimum absolute atomic E-state index is 0.686. The molecule has 1 aliphatic rings. The number of hydrogen-bond donors (Lipinski definition) is 0. The lowest BCUT2D eigenvalue weighted by atomic mass is 10.7. The molecular formula is C6H6Br2N2. The van der Waals surface area contributed by atoms with Gasteiger partial charge in [-0.3, -0.25) is 0 Å². The van der Waals surface area contributed by atoms with E-state index in [1.807, 2.05) is 6.20 Å². The predicted molar refractivity (Wildman–Crippen MR) is 45.9 cm³/mol. The van der Waals surface area contributed by atoms with E-state index < -0.39 is 0 Å². The van der Waals surface area contributed by atoms with Crippen LogP contribution in [0.15, 0.2) is 15.5 Å². The second-order valence-corrected chi connectivity index (χ2v) is 3.97. The number of nitrogens with zero attached hydrogens (tertiary/aromatic N) is 2. The van der Waals surface area contributed by atoms with Gasteiger partial charge in [-0.25, -0.2) is 4.98 Å². The standard InChI is InChI=1S/C6H6Br2N2/c7-5-3-9-6(8)10(5)4-1-2-4/h3-4H,1-2H2. The lowest BCUT2D eigenvalue weighted by molar-refractivity contribution is 0.706. The Balaban J connectivity index is 2.44. The normalized spacial score (nSPS) is 17.8. The molecule has 0 N–H and O–H groups in total. The van der Waals surface area contributed by atoms with Gasteiger partial charge in [0.1, 0.15) is 4.60 Å². The molecule has 54 valence electrons. The van der Waals surface area contributed by atoms with E-state index >= 15 is 0 Å². The summed E-state index contributed by atoms with van der Waals surface area (Å²) in [5.41, 5.74) is 0. The Hall–Kier alpha value is 0.170. The minimum Gasteiger partial charge on any atom is -0.310 e. The Labute approximate surface area is 75.9 Å². The van der Waals surface area contributed by atoms with Crippen LogP contribution in [0.1, 0.15) is 18.9 Å². The first-order chi connectivity index (χ1) is 4.79. The van der Waals surface area contributed by atoms with Gasteiger partial charge in [0.15, 0.2) is 4.73 Å². The third kappa shape index (κ3) is 1.03. The maximum Gasteiger partial charge on any atom is 0.178 e. The van der Waals surface area contributed by atoms with Crippen LogP contribution in [0.3, 0.4) is 0 Å². The molecule has 1 heterocycles. The Kier molecular flexibility index (Phi) is 1.60. The van der Waals surface area contributed by atoms with Crippen molar-refractivity contribution in [3.05, 3.63) is 15.5 Å². The monoisotopic (exact) mass is 264 g/mol. The molecule has 0 aliphatic heterocycles. The molecule has 1 aromatic heterocycles. The van der Waals surface area contributed by atoms with E-state index in [1.165, 1.54) is 12.8 Å². The topological polar surface area (TPSA) is 17.8 Å². The Bertz CT molecular complexity index is 233. The van der Waals surface area contributed by atoms with Gasteiger partial charge in [-0.05, 0) is 44.7 Å². The van der Waals surface area contributed by atoms with Gasteiger partial charge in [-0.2, -0.15) is 0 Å². The van der Waals surface area contributed by atoms with E-state index in [0.29, 0.717) is 6.04 Å². The molecule has 0 radical (unpaired) electrons. The molecule has 0 amide bonds. The zero-order valence-corrected chi connectivity index (χ0v) is 8.39. The van der Waals surface area contributed by atoms with Crippen LogP contribution in [0.2, 0.25) is 0 Å². The smallest absolute Gasteiger partial charge is 0.178 e. The summed E-state index contributed by atoms with van der Waals surface area (Å²) >= 11 is 6.81. The van der Waals surface area contributed by atoms with Crippen LogP contribution in [0, 0.1) is 0 Å². The third-order valence-corrected chi connectivity index (χ3v) is 2.79. The van der Waals surface area contributed by atoms with E-state index in [2.05, 4.69) is 41.4 Å². The molecule has 0 aromatic carbocycles. The first-order valence-corrected chi connectivity index (χ1v) is 4.76. The highest BCUT2D eigenvalue weighted by atomic mass is 79.9. The lowest BCUT2D eigenvalue weighted by Gasteiger charge is -2.00. The molecular weight excluding hydrogens is 260 g/mol. The molecule has 1 fully saturated rings. The molecule has 1 aromatic rings. The average molecular weight is 266 g/mol. The fourth-order valence-electron chi connectivity index (χ4n) is 0.977. The molecule has 0 bridgehead atoms. The van der Waals surface area contributed by atoms with E-state index in [-0.39, 0.29) is 0 Å². The average Bonchev–Trinajstić information content (AvgIpc) is 2.64. The molecule has 2 rings (SSSR count). The van der Waals surface area contributed by atoms with Gasteiger partial charge in [0, 0.05) is 6.04 Å². The van der Waals surface area contributed by atoms with Crippen LogP contribution in [0.4, 0.5) is 0 Å². The Morgan fingerprint density at radius 1 is 1.50 bits per heavy atom. The Morgan fingerprint density at radius 2 is 2.20 bits per heavy atom. The van der Waals surface area contributed by atoms with Crippen LogP contribution < -0.4 is 0 Å². The lowest BCUT2D eigenvalue weighted by Crippen LogP contribution is -1.93. The second kappa shape index (κ2) is 2.34. The zero-order chi connectivity index (χ0) is 7.14. The molecule has 4 heteroatoms. The maximum absolute atomic E-state index is 4.11. The van der Waals surface area contributed by atoms with Gasteiger partial charge in [0.05, 0.1) is 6.20 Å². The molecule has 0 unspecified atom stereocenters. The van der Waals surface area contributed by atoms with E-state index in [9.17, 15) is 0 Å². The summed E-state index contributed by atoms with van der Waals surface area (Å²) in [5, 5.41) is 0. The highest BCUT2D eigenvalue weighted by Crippen LogP contribution is 2.39. The summed E-state index contributed by atoms with van der Waals surface area (Å²) in [4.78, 5) is 4.11. The summed E-state index contributed by atoms with van der Waals surface area (Å²) < 4.78 is 4.17. The van der Waals surface area contributed by atoms with Crippen LogP contribution >= 0.6 is 31.9 Å². The van der Waals surface area contributed by atoms with Crippen LogP contribution in [-0.4, -0.2) is 9.55 Å². The zero-order valence-electron chi connectivity index (χ0n) is 5.22. The van der Waals surface area contributed by atoms with Crippen molar-refractivity contribution in [3.63, 3.8) is 0 Å². The fourth-order valence-corrected chi connectivity index (χ4v) is 2.36. The first kappa shape index (κ1) is 6.85. The van der Waals surface area contributed by atoms with Crippen molar-refractivity contribution in [1.29, 1.82) is 0 Å². The highest BCUT2D eigenvalue weighted by molar-refractivity contribution is 9.11. The third-order valence-electron chi connectivity index (χ3n) is 1.62. The minimum atomic E-state index is 0.686. The number of aromatic nitrogens is 2. The van der Waals surface area contributed by atoms with Crippen molar-refractivity contribution in [3.8, 4) is 0 Å². The first-order valence-electron chi connectivity index (χ1n) is 3.17. The van der Waals surface area contributed by atoms with Crippen LogP contribution in [0.5, 0.6) is 0 Å². The summed E-state index contributed by atoms with van der Waals surface area (Å²) in [7, 11) is 0. The summed E-state index contributed by atoms with van der Waals surface area (Å²) in [6.07, 6.45) is 4.39. The maximum atomic E-state index is 4.11. The number of imidazole rings is 1. The molecule has 2 nitrogen and oxygen atoms in total. The van der Waals surface area contributed by atoms with E-state index in [0.717, 1.165) is 9.34 Å². The summed E-state index contributed by atoms with van der Waals surface area (Å²) in [6, 6.07) is 0.686. The van der Waals surface area contributed by atoms with Gasteiger partial charge in [0.2, 0.25) is 0 Å². The number of rotatable bonds is 1. The molecule has 0 spiro atoms. The van der Waals surface area contributed by atoms with Gasteiger partial charge in [-0.15, -0.1) is 0 Å². The highest BCUT2D eigenvalue weighted by Gasteiger charge is 2.26. The van der Waals surface area contributed by atoms with Gasteiger partial charge in [-0.1, -0.05) is 0 Å². The van der Waals surface area contributed by atoms with Crippen molar-refractivity contribution in [2.75, 3.05) is 0 Å². The molecule has 1 aliphatic carbocycles. The SMILES string of the molecule is Brc1cnc(Br)n1C1CC1. The molecule has 0 atom stereocenters. The number of hydrogen-bond acceptors (Lipinski definition) is 1. The van der Waals surface area contributed by atoms with Crippen molar-refractivity contribution in [1.82, 2.24) is 9.55 Å². The van der Waals surface area contributed by atoms with Gasteiger partial charge >= 0.3 is 0 Å². The summed E-state index contributed by atoms with van der Waals surface area (Å²) in [5.74, 6) is 0. The molecule has 10 heavy (non-hydrogen) atoms. The predicted octanol–water partition coefficient (Wildman–Crippen LogP) is 2.74.